The third kappa shape index (κ3) is 3.52. The van der Waals surface area contributed by atoms with Gasteiger partial charge in [0.1, 0.15) is 11.6 Å². The van der Waals surface area contributed by atoms with Gasteiger partial charge in [-0.2, -0.15) is 0 Å². The molecule has 0 amide bonds. The van der Waals surface area contributed by atoms with Gasteiger partial charge in [-0.1, -0.05) is 13.0 Å². The van der Waals surface area contributed by atoms with E-state index in [1.165, 1.54) is 0 Å². The van der Waals surface area contributed by atoms with Gasteiger partial charge in [0.15, 0.2) is 0 Å². The molecule has 0 bridgehead atoms. The summed E-state index contributed by atoms with van der Waals surface area (Å²) in [4.78, 5) is 4.46. The first-order valence-electron chi connectivity index (χ1n) is 5.84. The SMILES string of the molecule is CCCNc1cccc(NCc2ccoc2)n1. The molecule has 90 valence electrons. The van der Waals surface area contributed by atoms with Crippen LogP contribution in [-0.4, -0.2) is 11.5 Å². The van der Waals surface area contributed by atoms with Gasteiger partial charge in [-0.15, -0.1) is 0 Å². The molecular formula is C13H17N3O. The monoisotopic (exact) mass is 231 g/mol. The van der Waals surface area contributed by atoms with Gasteiger partial charge >= 0.3 is 0 Å². The van der Waals surface area contributed by atoms with Crippen molar-refractivity contribution < 1.29 is 4.42 Å². The molecule has 0 aliphatic carbocycles. The Bertz CT molecular complexity index is 440. The smallest absolute Gasteiger partial charge is 0.128 e. The van der Waals surface area contributed by atoms with Gasteiger partial charge in [0.25, 0.3) is 0 Å². The fraction of sp³-hybridized carbons (Fsp3) is 0.308. The molecular weight excluding hydrogens is 214 g/mol. The van der Waals surface area contributed by atoms with Crippen LogP contribution in [-0.2, 0) is 6.54 Å². The molecule has 4 nitrogen and oxygen atoms in total. The Balaban J connectivity index is 1.91. The molecule has 0 aromatic carbocycles. The predicted molar refractivity (Wildman–Crippen MR) is 69.1 cm³/mol. The quantitative estimate of drug-likeness (QED) is 0.802. The standard InChI is InChI=1S/C13H17N3O/c1-2-7-14-12-4-3-5-13(16-12)15-9-11-6-8-17-10-11/h3-6,8,10H,2,7,9H2,1H3,(H2,14,15,16). The number of nitrogens with one attached hydrogen (secondary N) is 2. The van der Waals surface area contributed by atoms with E-state index in [0.717, 1.165) is 36.7 Å². The summed E-state index contributed by atoms with van der Waals surface area (Å²) in [6.45, 7) is 3.80. The van der Waals surface area contributed by atoms with E-state index in [2.05, 4.69) is 22.5 Å². The molecule has 2 aromatic rings. The summed E-state index contributed by atoms with van der Waals surface area (Å²) in [6.07, 6.45) is 4.49. The lowest BCUT2D eigenvalue weighted by atomic mass is 10.3. The summed E-state index contributed by atoms with van der Waals surface area (Å²) in [5, 5.41) is 6.51. The Morgan fingerprint density at radius 1 is 1.18 bits per heavy atom. The Morgan fingerprint density at radius 2 is 2.00 bits per heavy atom. The highest BCUT2D eigenvalue weighted by Gasteiger charge is 1.98. The highest BCUT2D eigenvalue weighted by molar-refractivity contribution is 5.45. The lowest BCUT2D eigenvalue weighted by molar-refractivity contribution is 0.564. The van der Waals surface area contributed by atoms with Gasteiger partial charge < -0.3 is 15.1 Å². The zero-order valence-electron chi connectivity index (χ0n) is 9.94. The molecule has 2 heterocycles. The van der Waals surface area contributed by atoms with E-state index in [-0.39, 0.29) is 0 Å². The second-order valence-electron chi connectivity index (χ2n) is 3.82. The summed E-state index contributed by atoms with van der Waals surface area (Å²) >= 11 is 0. The lowest BCUT2D eigenvalue weighted by Crippen LogP contribution is -2.05. The van der Waals surface area contributed by atoms with Crippen LogP contribution in [0.2, 0.25) is 0 Å². The first-order valence-corrected chi connectivity index (χ1v) is 5.84. The molecule has 2 rings (SSSR count). The first-order chi connectivity index (χ1) is 8.38. The molecule has 0 aliphatic heterocycles. The maximum Gasteiger partial charge on any atom is 0.128 e. The van der Waals surface area contributed by atoms with E-state index in [0.29, 0.717) is 0 Å². The first kappa shape index (κ1) is 11.5. The molecule has 2 aromatic heterocycles. The molecule has 0 saturated carbocycles. The number of rotatable bonds is 6. The topological polar surface area (TPSA) is 50.1 Å². The average molecular weight is 231 g/mol. The van der Waals surface area contributed by atoms with E-state index in [1.807, 2.05) is 24.3 Å². The van der Waals surface area contributed by atoms with Crippen molar-refractivity contribution in [3.05, 3.63) is 42.4 Å². The summed E-state index contributed by atoms with van der Waals surface area (Å²) < 4.78 is 5.01. The molecule has 0 radical (unpaired) electrons. The van der Waals surface area contributed by atoms with Crippen LogP contribution < -0.4 is 10.6 Å². The number of furan rings is 1. The Kier molecular flexibility index (Phi) is 4.02. The van der Waals surface area contributed by atoms with Crippen LogP contribution in [0.4, 0.5) is 11.6 Å². The summed E-state index contributed by atoms with van der Waals surface area (Å²) in [7, 11) is 0. The maximum absolute atomic E-state index is 5.01. The Morgan fingerprint density at radius 3 is 2.71 bits per heavy atom. The highest BCUT2D eigenvalue weighted by Crippen LogP contribution is 2.10. The second kappa shape index (κ2) is 5.94. The third-order valence-electron chi connectivity index (χ3n) is 2.36. The number of aromatic nitrogens is 1. The minimum absolute atomic E-state index is 0.723. The van der Waals surface area contributed by atoms with Gasteiger partial charge in [-0.05, 0) is 24.6 Å². The minimum Gasteiger partial charge on any atom is -0.472 e. The van der Waals surface area contributed by atoms with Crippen molar-refractivity contribution in [3.63, 3.8) is 0 Å². The molecule has 0 spiro atoms. The van der Waals surface area contributed by atoms with Crippen LogP contribution in [0.25, 0.3) is 0 Å². The van der Waals surface area contributed by atoms with E-state index in [9.17, 15) is 0 Å². The molecule has 0 unspecified atom stereocenters. The van der Waals surface area contributed by atoms with Crippen molar-refractivity contribution in [1.29, 1.82) is 0 Å². The lowest BCUT2D eigenvalue weighted by Gasteiger charge is -2.07. The van der Waals surface area contributed by atoms with Gasteiger partial charge in [0, 0.05) is 18.7 Å². The number of anilines is 2. The van der Waals surface area contributed by atoms with E-state index in [1.54, 1.807) is 12.5 Å². The van der Waals surface area contributed by atoms with E-state index in [4.69, 9.17) is 4.42 Å². The molecule has 0 atom stereocenters. The largest absolute Gasteiger partial charge is 0.472 e. The maximum atomic E-state index is 5.01. The van der Waals surface area contributed by atoms with Crippen LogP contribution in [0.5, 0.6) is 0 Å². The fourth-order valence-electron chi connectivity index (χ4n) is 1.47. The molecule has 2 N–H and O–H groups in total. The van der Waals surface area contributed by atoms with Crippen molar-refractivity contribution in [2.45, 2.75) is 19.9 Å². The van der Waals surface area contributed by atoms with E-state index < -0.39 is 0 Å². The number of hydrogen-bond acceptors (Lipinski definition) is 4. The van der Waals surface area contributed by atoms with Crippen molar-refractivity contribution >= 4 is 11.6 Å². The van der Waals surface area contributed by atoms with Crippen molar-refractivity contribution in [1.82, 2.24) is 4.98 Å². The molecule has 0 aliphatic rings. The van der Waals surface area contributed by atoms with Gasteiger partial charge in [-0.3, -0.25) is 0 Å². The Hall–Kier alpha value is -1.97. The van der Waals surface area contributed by atoms with Gasteiger partial charge in [0.05, 0.1) is 12.5 Å². The predicted octanol–water partition coefficient (Wildman–Crippen LogP) is 3.11. The number of nitrogens with zero attached hydrogens (tertiary/aromatic N) is 1. The molecule has 0 fully saturated rings. The normalized spacial score (nSPS) is 10.2. The van der Waals surface area contributed by atoms with E-state index >= 15 is 0 Å². The van der Waals surface area contributed by atoms with Crippen molar-refractivity contribution in [2.24, 2.45) is 0 Å². The van der Waals surface area contributed by atoms with Crippen LogP contribution in [0, 0.1) is 0 Å². The van der Waals surface area contributed by atoms with Crippen molar-refractivity contribution in [2.75, 3.05) is 17.2 Å². The van der Waals surface area contributed by atoms with Crippen LogP contribution in [0.15, 0.2) is 41.2 Å². The minimum atomic E-state index is 0.723. The molecule has 17 heavy (non-hydrogen) atoms. The highest BCUT2D eigenvalue weighted by atomic mass is 16.3. The van der Waals surface area contributed by atoms with Crippen LogP contribution in [0.3, 0.4) is 0 Å². The summed E-state index contributed by atoms with van der Waals surface area (Å²) in [5.74, 6) is 1.77. The van der Waals surface area contributed by atoms with Gasteiger partial charge in [-0.25, -0.2) is 4.98 Å². The Labute approximate surface area is 101 Å². The molecule has 0 saturated heterocycles. The molecule has 4 heteroatoms. The zero-order chi connectivity index (χ0) is 11.9. The van der Waals surface area contributed by atoms with Gasteiger partial charge in [0.2, 0.25) is 0 Å². The van der Waals surface area contributed by atoms with Crippen LogP contribution >= 0.6 is 0 Å². The zero-order valence-corrected chi connectivity index (χ0v) is 9.94. The average Bonchev–Trinajstić information content (AvgIpc) is 2.87. The number of hydrogen-bond donors (Lipinski definition) is 2. The second-order valence-corrected chi connectivity index (χ2v) is 3.82. The third-order valence-corrected chi connectivity index (χ3v) is 2.36. The summed E-state index contributed by atoms with van der Waals surface area (Å²) in [6, 6.07) is 7.85. The van der Waals surface area contributed by atoms with Crippen LogP contribution in [0.1, 0.15) is 18.9 Å². The number of pyridine rings is 1. The fourth-order valence-corrected chi connectivity index (χ4v) is 1.47. The van der Waals surface area contributed by atoms with Crippen molar-refractivity contribution in [3.8, 4) is 0 Å². The summed E-state index contributed by atoms with van der Waals surface area (Å²) in [5.41, 5.74) is 1.11.